The molecule has 24 heavy (non-hydrogen) atoms. The Labute approximate surface area is 147 Å². The first-order valence-electron chi connectivity index (χ1n) is 7.66. The average Bonchev–Trinajstić information content (AvgIpc) is 2.55. The van der Waals surface area contributed by atoms with E-state index in [4.69, 9.17) is 21.1 Å². The predicted octanol–water partition coefficient (Wildman–Crippen LogP) is 4.81. The van der Waals surface area contributed by atoms with Gasteiger partial charge in [0.2, 0.25) is 0 Å². The molecular weight excluding hydrogens is 326 g/mol. The van der Waals surface area contributed by atoms with Gasteiger partial charge in [0.25, 0.3) is 0 Å². The number of halogens is 1. The highest BCUT2D eigenvalue weighted by Crippen LogP contribution is 2.20. The van der Waals surface area contributed by atoms with Crippen molar-refractivity contribution >= 4 is 29.5 Å². The van der Waals surface area contributed by atoms with Crippen molar-refractivity contribution in [1.82, 2.24) is 0 Å². The van der Waals surface area contributed by atoms with Gasteiger partial charge >= 0.3 is 5.97 Å². The van der Waals surface area contributed by atoms with E-state index >= 15 is 0 Å². The third kappa shape index (κ3) is 5.10. The molecule has 0 aliphatic heterocycles. The number of carbonyl (C=O) groups is 1. The lowest BCUT2D eigenvalue weighted by Crippen LogP contribution is -2.39. The summed E-state index contributed by atoms with van der Waals surface area (Å²) in [6.07, 6.45) is 1.75. The summed E-state index contributed by atoms with van der Waals surface area (Å²) < 4.78 is 10.7. The van der Waals surface area contributed by atoms with Gasteiger partial charge in [-0.3, -0.25) is 4.99 Å². The van der Waals surface area contributed by atoms with Crippen molar-refractivity contribution in [2.45, 2.75) is 26.4 Å². The summed E-state index contributed by atoms with van der Waals surface area (Å²) in [5.74, 6) is 0.204. The quantitative estimate of drug-likeness (QED) is 0.557. The lowest BCUT2D eigenvalue weighted by Gasteiger charge is -2.24. The lowest BCUT2D eigenvalue weighted by atomic mass is 10.1. The van der Waals surface area contributed by atoms with Crippen molar-refractivity contribution in [3.05, 3.63) is 59.1 Å². The molecule has 126 valence electrons. The van der Waals surface area contributed by atoms with Crippen LogP contribution in [-0.4, -0.2) is 24.4 Å². The average molecular weight is 346 g/mol. The normalized spacial score (nSPS) is 11.5. The van der Waals surface area contributed by atoms with E-state index in [9.17, 15) is 4.79 Å². The second-order valence-corrected chi connectivity index (χ2v) is 6.07. The van der Waals surface area contributed by atoms with Gasteiger partial charge in [0.05, 0.1) is 12.3 Å². The zero-order valence-corrected chi connectivity index (χ0v) is 14.7. The minimum absolute atomic E-state index is 0.325. The first-order valence-corrected chi connectivity index (χ1v) is 8.04. The highest BCUT2D eigenvalue weighted by molar-refractivity contribution is 6.30. The summed E-state index contributed by atoms with van der Waals surface area (Å²) in [6.45, 7) is 5.45. The number of benzene rings is 2. The minimum Gasteiger partial charge on any atom is -0.476 e. The Hall–Kier alpha value is -2.33. The summed E-state index contributed by atoms with van der Waals surface area (Å²) in [5, 5.41) is 0.680. The molecule has 2 rings (SSSR count). The van der Waals surface area contributed by atoms with Gasteiger partial charge in [-0.1, -0.05) is 11.6 Å². The van der Waals surface area contributed by atoms with E-state index in [1.807, 2.05) is 24.3 Å². The Kier molecular flexibility index (Phi) is 5.99. The van der Waals surface area contributed by atoms with Crippen LogP contribution in [-0.2, 0) is 9.53 Å². The van der Waals surface area contributed by atoms with Crippen LogP contribution in [0.15, 0.2) is 53.5 Å². The van der Waals surface area contributed by atoms with Gasteiger partial charge in [-0.25, -0.2) is 4.79 Å². The molecule has 0 atom stereocenters. The molecule has 0 aromatic heterocycles. The third-order valence-corrected chi connectivity index (χ3v) is 3.46. The van der Waals surface area contributed by atoms with Gasteiger partial charge in [-0.15, -0.1) is 0 Å². The van der Waals surface area contributed by atoms with E-state index in [-0.39, 0.29) is 0 Å². The highest BCUT2D eigenvalue weighted by atomic mass is 35.5. The SMILES string of the molecule is CCOC(=O)C(C)(C)Oc1ccc(C=Nc2ccc(Cl)cc2)cc1. The topological polar surface area (TPSA) is 47.9 Å². The Morgan fingerprint density at radius 3 is 2.33 bits per heavy atom. The van der Waals surface area contributed by atoms with Crippen LogP contribution >= 0.6 is 11.6 Å². The maximum atomic E-state index is 11.8. The van der Waals surface area contributed by atoms with Crippen LogP contribution in [0.3, 0.4) is 0 Å². The number of rotatable bonds is 6. The van der Waals surface area contributed by atoms with Crippen molar-refractivity contribution in [1.29, 1.82) is 0 Å². The molecule has 0 saturated carbocycles. The molecule has 0 aliphatic carbocycles. The molecule has 4 nitrogen and oxygen atoms in total. The van der Waals surface area contributed by atoms with Crippen LogP contribution in [0.4, 0.5) is 5.69 Å². The minimum atomic E-state index is -1.03. The molecular formula is C19H20ClNO3. The van der Waals surface area contributed by atoms with Crippen LogP contribution in [0.2, 0.25) is 5.02 Å². The van der Waals surface area contributed by atoms with Crippen LogP contribution in [0.5, 0.6) is 5.75 Å². The molecule has 0 heterocycles. The van der Waals surface area contributed by atoms with Crippen molar-refractivity contribution in [3.63, 3.8) is 0 Å². The molecule has 0 N–H and O–H groups in total. The van der Waals surface area contributed by atoms with Crippen molar-refractivity contribution in [2.75, 3.05) is 6.61 Å². The second-order valence-electron chi connectivity index (χ2n) is 5.64. The monoisotopic (exact) mass is 345 g/mol. The third-order valence-electron chi connectivity index (χ3n) is 3.21. The number of ether oxygens (including phenoxy) is 2. The summed E-state index contributed by atoms with van der Waals surface area (Å²) in [7, 11) is 0. The maximum absolute atomic E-state index is 11.8. The summed E-state index contributed by atoms with van der Waals surface area (Å²) in [5.41, 5.74) is 0.712. The van der Waals surface area contributed by atoms with Crippen LogP contribution < -0.4 is 4.74 Å². The van der Waals surface area contributed by atoms with E-state index in [1.54, 1.807) is 51.3 Å². The smallest absolute Gasteiger partial charge is 0.349 e. The number of hydrogen-bond donors (Lipinski definition) is 0. The predicted molar refractivity (Wildman–Crippen MR) is 96.5 cm³/mol. The van der Waals surface area contributed by atoms with E-state index in [1.165, 1.54) is 0 Å². The van der Waals surface area contributed by atoms with Crippen molar-refractivity contribution in [2.24, 2.45) is 4.99 Å². The highest BCUT2D eigenvalue weighted by Gasteiger charge is 2.31. The number of carbonyl (C=O) groups excluding carboxylic acids is 1. The largest absolute Gasteiger partial charge is 0.476 e. The van der Waals surface area contributed by atoms with Crippen LogP contribution in [0, 0.1) is 0 Å². The van der Waals surface area contributed by atoms with Crippen LogP contribution in [0.1, 0.15) is 26.3 Å². The molecule has 2 aromatic carbocycles. The van der Waals surface area contributed by atoms with Crippen molar-refractivity contribution < 1.29 is 14.3 Å². The molecule has 0 saturated heterocycles. The van der Waals surface area contributed by atoms with Gasteiger partial charge in [-0.2, -0.15) is 0 Å². The molecule has 0 bridgehead atoms. The fraction of sp³-hybridized carbons (Fsp3) is 0.263. The van der Waals surface area contributed by atoms with Gasteiger partial charge in [-0.05, 0) is 74.9 Å². The molecule has 0 unspecified atom stereocenters. The van der Waals surface area contributed by atoms with E-state index in [2.05, 4.69) is 4.99 Å². The van der Waals surface area contributed by atoms with Gasteiger partial charge < -0.3 is 9.47 Å². The summed E-state index contributed by atoms with van der Waals surface area (Å²) >= 11 is 5.84. The summed E-state index contributed by atoms with van der Waals surface area (Å²) in [6, 6.07) is 14.6. The van der Waals surface area contributed by atoms with Crippen molar-refractivity contribution in [3.8, 4) is 5.75 Å². The van der Waals surface area contributed by atoms with Gasteiger partial charge in [0, 0.05) is 11.2 Å². The first kappa shape index (κ1) is 18.0. The number of nitrogens with zero attached hydrogens (tertiary/aromatic N) is 1. The fourth-order valence-corrected chi connectivity index (χ4v) is 2.07. The molecule has 0 spiro atoms. The number of esters is 1. The molecule has 5 heteroatoms. The standard InChI is InChI=1S/C19H20ClNO3/c1-4-23-18(22)19(2,3)24-17-11-5-14(6-12-17)13-21-16-9-7-15(20)8-10-16/h5-13H,4H2,1-3H3. The Morgan fingerprint density at radius 1 is 1.12 bits per heavy atom. The van der Waals surface area contributed by atoms with E-state index < -0.39 is 11.6 Å². The molecule has 0 amide bonds. The van der Waals surface area contributed by atoms with Crippen LogP contribution in [0.25, 0.3) is 0 Å². The second kappa shape index (κ2) is 7.97. The molecule has 0 fully saturated rings. The molecule has 0 aliphatic rings. The fourth-order valence-electron chi connectivity index (χ4n) is 1.94. The van der Waals surface area contributed by atoms with E-state index in [0.717, 1.165) is 11.3 Å². The molecule has 2 aromatic rings. The zero-order chi connectivity index (χ0) is 17.6. The number of aliphatic imine (C=N–C) groups is 1. The Balaban J connectivity index is 2.02. The lowest BCUT2D eigenvalue weighted by molar-refractivity contribution is -0.158. The van der Waals surface area contributed by atoms with E-state index in [0.29, 0.717) is 17.4 Å². The van der Waals surface area contributed by atoms with Gasteiger partial charge in [0.1, 0.15) is 5.75 Å². The maximum Gasteiger partial charge on any atom is 0.349 e. The first-order chi connectivity index (χ1) is 11.4. The Morgan fingerprint density at radius 2 is 1.75 bits per heavy atom. The zero-order valence-electron chi connectivity index (χ0n) is 14.0. The number of hydrogen-bond acceptors (Lipinski definition) is 4. The molecule has 0 radical (unpaired) electrons. The van der Waals surface area contributed by atoms with Gasteiger partial charge in [0.15, 0.2) is 5.60 Å². The Bertz CT molecular complexity index is 706. The summed E-state index contributed by atoms with van der Waals surface area (Å²) in [4.78, 5) is 16.2.